The van der Waals surface area contributed by atoms with Gasteiger partial charge in [-0.1, -0.05) is 11.6 Å². The van der Waals surface area contributed by atoms with Crippen LogP contribution in [0.4, 0.5) is 17.2 Å². The summed E-state index contributed by atoms with van der Waals surface area (Å²) in [5.74, 6) is 1.08. The fraction of sp³-hybridized carbons (Fsp3) is 0.250. The van der Waals surface area contributed by atoms with Crippen LogP contribution in [0.3, 0.4) is 0 Å². The lowest BCUT2D eigenvalue weighted by Gasteiger charge is -2.35. The number of carbonyl (C=O) groups is 1. The normalized spacial score (nSPS) is 14.0. The molecule has 0 saturated carbocycles. The molecule has 29 heavy (non-hydrogen) atoms. The minimum atomic E-state index is -0.149. The minimum Gasteiger partial charge on any atom is -0.497 e. The van der Waals surface area contributed by atoms with Crippen molar-refractivity contribution in [3.05, 3.63) is 59.2 Å². The molecule has 1 aromatic heterocycles. The minimum absolute atomic E-state index is 0.149. The fourth-order valence-corrected chi connectivity index (χ4v) is 3.37. The number of ether oxygens (including phenoxy) is 1. The van der Waals surface area contributed by atoms with Gasteiger partial charge in [-0.05, 0) is 48.5 Å². The predicted molar refractivity (Wildman–Crippen MR) is 112 cm³/mol. The summed E-state index contributed by atoms with van der Waals surface area (Å²) in [5.41, 5.74) is 2.17. The average molecular weight is 413 g/mol. The summed E-state index contributed by atoms with van der Waals surface area (Å²) in [6.07, 6.45) is 0. The highest BCUT2D eigenvalue weighted by atomic mass is 35.5. The summed E-state index contributed by atoms with van der Waals surface area (Å²) in [5, 5.41) is 14.4. The Labute approximate surface area is 173 Å². The van der Waals surface area contributed by atoms with Crippen LogP contribution in [0.1, 0.15) is 10.5 Å². The third-order valence-electron chi connectivity index (χ3n) is 4.86. The van der Waals surface area contributed by atoms with E-state index in [4.69, 9.17) is 16.3 Å². The van der Waals surface area contributed by atoms with Gasteiger partial charge in [0.05, 0.1) is 7.11 Å². The molecule has 2 aromatic carbocycles. The molecule has 2 heterocycles. The summed E-state index contributed by atoms with van der Waals surface area (Å²) in [4.78, 5) is 17.0. The Morgan fingerprint density at radius 3 is 2.38 bits per heavy atom. The molecule has 3 aromatic rings. The van der Waals surface area contributed by atoms with Gasteiger partial charge in [-0.3, -0.25) is 4.79 Å². The van der Waals surface area contributed by atoms with Gasteiger partial charge in [-0.25, -0.2) is 0 Å². The monoisotopic (exact) mass is 412 g/mol. The first-order valence-electron chi connectivity index (χ1n) is 9.25. The molecule has 8 nitrogen and oxygen atoms in total. The van der Waals surface area contributed by atoms with E-state index in [0.717, 1.165) is 30.2 Å². The Balaban J connectivity index is 1.39. The molecule has 0 spiro atoms. The van der Waals surface area contributed by atoms with Crippen LogP contribution >= 0.6 is 11.6 Å². The van der Waals surface area contributed by atoms with Crippen molar-refractivity contribution in [3.63, 3.8) is 0 Å². The Bertz CT molecular complexity index is 965. The van der Waals surface area contributed by atoms with Crippen LogP contribution < -0.4 is 15.0 Å². The first-order chi connectivity index (χ1) is 14.1. The predicted octanol–water partition coefficient (Wildman–Crippen LogP) is 3.17. The quantitative estimate of drug-likeness (QED) is 0.669. The molecular weight excluding hydrogens is 392 g/mol. The van der Waals surface area contributed by atoms with Gasteiger partial charge < -0.3 is 19.9 Å². The summed E-state index contributed by atoms with van der Waals surface area (Å²) < 4.78 is 5.21. The van der Waals surface area contributed by atoms with E-state index in [0.29, 0.717) is 23.9 Å². The molecule has 1 saturated heterocycles. The number of hydrogen-bond donors (Lipinski definition) is 2. The second kappa shape index (κ2) is 8.40. The Morgan fingerprint density at radius 2 is 1.72 bits per heavy atom. The van der Waals surface area contributed by atoms with Gasteiger partial charge in [0.2, 0.25) is 0 Å². The van der Waals surface area contributed by atoms with Crippen molar-refractivity contribution in [1.29, 1.82) is 0 Å². The molecule has 0 radical (unpaired) electrons. The number of rotatable bonds is 5. The number of nitrogens with one attached hydrogen (secondary N) is 2. The summed E-state index contributed by atoms with van der Waals surface area (Å²) in [7, 11) is 1.65. The largest absolute Gasteiger partial charge is 0.497 e. The van der Waals surface area contributed by atoms with Crippen LogP contribution in [0.5, 0.6) is 5.75 Å². The molecular formula is C20H21ClN6O2. The standard InChI is InChI=1S/C20H21ClN6O2/c1-29-17-8-6-16(7-9-17)26-10-12-27(13-11-26)20(28)18-19(24-25-23-18)22-15-4-2-14(21)3-5-15/h2-9H,10-13H2,1H3,(H2,22,23,24,25). The van der Waals surface area contributed by atoms with Gasteiger partial charge in [0, 0.05) is 42.6 Å². The number of methoxy groups -OCH3 is 1. The lowest BCUT2D eigenvalue weighted by molar-refractivity contribution is 0.0742. The Kier molecular flexibility index (Phi) is 5.53. The van der Waals surface area contributed by atoms with Gasteiger partial charge in [0.25, 0.3) is 5.91 Å². The Hall–Kier alpha value is -3.26. The van der Waals surface area contributed by atoms with E-state index in [1.165, 1.54) is 0 Å². The molecule has 1 aliphatic rings. The maximum Gasteiger partial charge on any atom is 0.278 e. The summed E-state index contributed by atoms with van der Waals surface area (Å²) >= 11 is 5.92. The zero-order valence-corrected chi connectivity index (χ0v) is 16.7. The topological polar surface area (TPSA) is 86.4 Å². The molecule has 1 aliphatic heterocycles. The first kappa shape index (κ1) is 19.1. The fourth-order valence-electron chi connectivity index (χ4n) is 3.25. The van der Waals surface area contributed by atoms with E-state index in [2.05, 4.69) is 25.6 Å². The molecule has 0 bridgehead atoms. The van der Waals surface area contributed by atoms with Crippen LogP contribution in [-0.2, 0) is 0 Å². The van der Waals surface area contributed by atoms with Crippen molar-refractivity contribution in [1.82, 2.24) is 20.3 Å². The van der Waals surface area contributed by atoms with Gasteiger partial charge >= 0.3 is 0 Å². The molecule has 9 heteroatoms. The van der Waals surface area contributed by atoms with E-state index in [-0.39, 0.29) is 11.6 Å². The highest BCUT2D eigenvalue weighted by Crippen LogP contribution is 2.23. The number of piperazine rings is 1. The molecule has 0 aliphatic carbocycles. The second-order valence-electron chi connectivity index (χ2n) is 6.63. The molecule has 0 unspecified atom stereocenters. The number of H-pyrrole nitrogens is 1. The third kappa shape index (κ3) is 4.27. The lowest BCUT2D eigenvalue weighted by Crippen LogP contribution is -2.49. The van der Waals surface area contributed by atoms with E-state index < -0.39 is 0 Å². The molecule has 1 fully saturated rings. The number of nitrogens with zero attached hydrogens (tertiary/aromatic N) is 4. The lowest BCUT2D eigenvalue weighted by atomic mass is 10.2. The number of amides is 1. The number of halogens is 1. The van der Waals surface area contributed by atoms with Gasteiger partial charge in [-0.2, -0.15) is 5.21 Å². The number of aromatic amines is 1. The van der Waals surface area contributed by atoms with Crippen LogP contribution in [0.25, 0.3) is 0 Å². The van der Waals surface area contributed by atoms with Gasteiger partial charge in [-0.15, -0.1) is 10.2 Å². The van der Waals surface area contributed by atoms with Crippen molar-refractivity contribution in [2.24, 2.45) is 0 Å². The van der Waals surface area contributed by atoms with Crippen LogP contribution in [0, 0.1) is 0 Å². The van der Waals surface area contributed by atoms with E-state index >= 15 is 0 Å². The van der Waals surface area contributed by atoms with Crippen molar-refractivity contribution in [2.45, 2.75) is 0 Å². The summed E-state index contributed by atoms with van der Waals surface area (Å²) in [6, 6.07) is 15.1. The first-order valence-corrected chi connectivity index (χ1v) is 9.63. The van der Waals surface area contributed by atoms with E-state index in [9.17, 15) is 4.79 Å². The van der Waals surface area contributed by atoms with Gasteiger partial charge in [0.1, 0.15) is 5.75 Å². The van der Waals surface area contributed by atoms with Crippen molar-refractivity contribution < 1.29 is 9.53 Å². The molecule has 4 rings (SSSR count). The smallest absolute Gasteiger partial charge is 0.278 e. The Morgan fingerprint density at radius 1 is 1.03 bits per heavy atom. The second-order valence-corrected chi connectivity index (χ2v) is 7.07. The molecule has 1 amide bonds. The van der Waals surface area contributed by atoms with Crippen LogP contribution in [-0.4, -0.2) is 59.5 Å². The van der Waals surface area contributed by atoms with Crippen LogP contribution in [0.2, 0.25) is 5.02 Å². The average Bonchev–Trinajstić information content (AvgIpc) is 3.23. The zero-order valence-electron chi connectivity index (χ0n) is 15.9. The van der Waals surface area contributed by atoms with E-state index in [1.54, 1.807) is 24.1 Å². The third-order valence-corrected chi connectivity index (χ3v) is 5.11. The SMILES string of the molecule is COc1ccc(N2CCN(C(=O)c3n[nH]nc3Nc3ccc(Cl)cc3)CC2)cc1. The maximum absolute atomic E-state index is 13.0. The van der Waals surface area contributed by atoms with Gasteiger partial charge in [0.15, 0.2) is 11.5 Å². The number of hydrogen-bond acceptors (Lipinski definition) is 6. The maximum atomic E-state index is 13.0. The van der Waals surface area contributed by atoms with E-state index in [1.807, 2.05) is 36.4 Å². The van der Waals surface area contributed by atoms with Crippen molar-refractivity contribution in [2.75, 3.05) is 43.5 Å². The number of carbonyl (C=O) groups excluding carboxylic acids is 1. The van der Waals surface area contributed by atoms with Crippen molar-refractivity contribution >= 4 is 34.7 Å². The molecule has 150 valence electrons. The molecule has 0 atom stereocenters. The summed E-state index contributed by atoms with van der Waals surface area (Å²) in [6.45, 7) is 2.71. The number of aromatic nitrogens is 3. The number of benzene rings is 2. The highest BCUT2D eigenvalue weighted by Gasteiger charge is 2.26. The number of anilines is 3. The highest BCUT2D eigenvalue weighted by molar-refractivity contribution is 6.30. The zero-order chi connectivity index (χ0) is 20.2. The van der Waals surface area contributed by atoms with Crippen molar-refractivity contribution in [3.8, 4) is 5.75 Å². The molecule has 2 N–H and O–H groups in total. The van der Waals surface area contributed by atoms with Crippen LogP contribution in [0.15, 0.2) is 48.5 Å².